The van der Waals surface area contributed by atoms with Crippen LogP contribution in [-0.2, 0) is 29.5 Å². The molecule has 0 N–H and O–H groups in total. The van der Waals surface area contributed by atoms with Crippen LogP contribution in [0.25, 0.3) is 22.2 Å². The first-order chi connectivity index (χ1) is 16.7. The van der Waals surface area contributed by atoms with Crippen LogP contribution < -0.4 is 9.47 Å². The van der Waals surface area contributed by atoms with Gasteiger partial charge < -0.3 is 18.8 Å². The Balaban J connectivity index is 0.00000361. The smallest absolute Gasteiger partial charge is 0.493 e. The van der Waals surface area contributed by atoms with Crippen molar-refractivity contribution in [2.24, 2.45) is 7.05 Å². The van der Waals surface area contributed by atoms with Gasteiger partial charge in [0.25, 0.3) is 0 Å². The number of aryl methyl sites for hydroxylation is 1. The summed E-state index contributed by atoms with van der Waals surface area (Å²) < 4.78 is 55.5. The second-order valence-electron chi connectivity index (χ2n) is 7.78. The third-order valence-electron chi connectivity index (χ3n) is 5.34. The maximum Gasteiger partial charge on any atom is 0.573 e. The molecule has 0 aliphatic heterocycles. The molecule has 1 atom stereocenters. The highest BCUT2D eigenvalue weighted by molar-refractivity contribution is 6.92. The fourth-order valence-corrected chi connectivity index (χ4v) is 3.72. The second-order valence-corrected chi connectivity index (χ2v) is 7.78. The van der Waals surface area contributed by atoms with Crippen molar-refractivity contribution in [2.45, 2.75) is 26.3 Å². The van der Waals surface area contributed by atoms with Gasteiger partial charge in [0.05, 0.1) is 24.4 Å². The average molecular weight is 521 g/mol. The molecule has 11 heteroatoms. The highest BCUT2D eigenvalue weighted by Gasteiger charge is 2.31. The number of alkyl halides is 3. The summed E-state index contributed by atoms with van der Waals surface area (Å²) in [7, 11) is 1.80. The lowest BCUT2D eigenvalue weighted by molar-refractivity contribution is -0.274. The summed E-state index contributed by atoms with van der Waals surface area (Å²) in [4.78, 5) is 11.8. The Morgan fingerprint density at radius 1 is 1.03 bits per heavy atom. The lowest BCUT2D eigenvalue weighted by atomic mass is 10.1. The van der Waals surface area contributed by atoms with E-state index in [9.17, 15) is 18.0 Å². The zero-order valence-electron chi connectivity index (χ0n) is 19.9. The SMILES string of the molecule is CCOC(=O)Cn1ccc2ccc(OCCc3cc(-c4ccc(OC(F)(F)F)cc4)nn3C)cc21.P. The van der Waals surface area contributed by atoms with Crippen LogP contribution in [0.2, 0.25) is 0 Å². The molecular weight excluding hydrogens is 494 g/mol. The van der Waals surface area contributed by atoms with Crippen molar-refractivity contribution in [3.8, 4) is 22.8 Å². The van der Waals surface area contributed by atoms with Gasteiger partial charge in [-0.1, -0.05) is 0 Å². The van der Waals surface area contributed by atoms with Gasteiger partial charge in [-0.15, -0.1) is 13.2 Å². The first-order valence-corrected chi connectivity index (χ1v) is 11.0. The van der Waals surface area contributed by atoms with Crippen LogP contribution in [0.5, 0.6) is 11.5 Å². The van der Waals surface area contributed by atoms with E-state index in [0.29, 0.717) is 36.6 Å². The van der Waals surface area contributed by atoms with E-state index in [-0.39, 0.29) is 28.2 Å². The van der Waals surface area contributed by atoms with Crippen molar-refractivity contribution in [1.82, 2.24) is 14.3 Å². The number of esters is 1. The average Bonchev–Trinajstić information content (AvgIpc) is 3.36. The molecule has 192 valence electrons. The highest BCUT2D eigenvalue weighted by atomic mass is 31.0. The molecule has 7 nitrogen and oxygen atoms in total. The molecule has 0 amide bonds. The molecule has 0 saturated carbocycles. The third kappa shape index (κ3) is 6.79. The molecule has 0 spiro atoms. The Kier molecular flexibility index (Phi) is 8.63. The number of hydrogen-bond acceptors (Lipinski definition) is 5. The van der Waals surface area contributed by atoms with Crippen LogP contribution in [0.3, 0.4) is 0 Å². The molecule has 2 aromatic heterocycles. The van der Waals surface area contributed by atoms with Gasteiger partial charge in [0.15, 0.2) is 0 Å². The molecule has 4 rings (SSSR count). The summed E-state index contributed by atoms with van der Waals surface area (Å²) in [6.07, 6.45) is -2.32. The van der Waals surface area contributed by atoms with E-state index in [1.807, 2.05) is 41.1 Å². The first kappa shape index (κ1) is 27.1. The van der Waals surface area contributed by atoms with E-state index < -0.39 is 6.36 Å². The minimum atomic E-state index is -4.73. The van der Waals surface area contributed by atoms with Gasteiger partial charge in [0.2, 0.25) is 0 Å². The largest absolute Gasteiger partial charge is 0.573 e. The highest BCUT2D eigenvalue weighted by Crippen LogP contribution is 2.27. The molecule has 0 fully saturated rings. The minimum Gasteiger partial charge on any atom is -0.493 e. The Hall–Kier alpha value is -3.52. The fraction of sp³-hybridized carbons (Fsp3) is 0.280. The van der Waals surface area contributed by atoms with Crippen LogP contribution in [0.4, 0.5) is 13.2 Å². The molecule has 0 saturated heterocycles. The van der Waals surface area contributed by atoms with E-state index in [2.05, 4.69) is 9.84 Å². The van der Waals surface area contributed by atoms with Crippen molar-refractivity contribution < 1.29 is 32.2 Å². The first-order valence-electron chi connectivity index (χ1n) is 11.0. The lowest BCUT2D eigenvalue weighted by Gasteiger charge is -2.09. The topological polar surface area (TPSA) is 67.5 Å². The summed E-state index contributed by atoms with van der Waals surface area (Å²) in [5.74, 6) is 0.0889. The maximum absolute atomic E-state index is 12.4. The van der Waals surface area contributed by atoms with Gasteiger partial charge in [-0.25, -0.2) is 0 Å². The van der Waals surface area contributed by atoms with Crippen LogP contribution >= 0.6 is 9.90 Å². The van der Waals surface area contributed by atoms with Crippen LogP contribution in [0.1, 0.15) is 12.6 Å². The van der Waals surface area contributed by atoms with Crippen molar-refractivity contribution in [1.29, 1.82) is 0 Å². The molecule has 2 aromatic carbocycles. The van der Waals surface area contributed by atoms with Gasteiger partial charge in [0.1, 0.15) is 18.0 Å². The molecule has 0 radical (unpaired) electrons. The number of nitrogens with zero attached hydrogens (tertiary/aromatic N) is 3. The standard InChI is InChI=1S/C25H24F3N3O4.H3P/c1-3-33-24(32)16-31-12-10-18-6-9-21(15-23(18)31)34-13-11-19-14-22(29-30(19)2)17-4-7-20(8-5-17)35-25(26,27)28;/h4-10,12,14-15H,3,11,13,16H2,1-2H3;1H3. The van der Waals surface area contributed by atoms with Crippen molar-refractivity contribution >= 4 is 26.8 Å². The van der Waals surface area contributed by atoms with E-state index >= 15 is 0 Å². The number of aromatic nitrogens is 3. The summed E-state index contributed by atoms with van der Waals surface area (Å²) in [6, 6.07) is 15.1. The van der Waals surface area contributed by atoms with Gasteiger partial charge in [-0.3, -0.25) is 9.48 Å². The molecule has 36 heavy (non-hydrogen) atoms. The Morgan fingerprint density at radius 3 is 2.44 bits per heavy atom. The number of ether oxygens (including phenoxy) is 3. The molecular formula is C25H27F3N3O4P. The zero-order valence-corrected chi connectivity index (χ0v) is 21.3. The molecule has 4 aromatic rings. The van der Waals surface area contributed by atoms with Gasteiger partial charge in [-0.05, 0) is 60.8 Å². The minimum absolute atomic E-state index is 0. The summed E-state index contributed by atoms with van der Waals surface area (Å²) in [6.45, 7) is 2.62. The maximum atomic E-state index is 12.4. The Labute approximate surface area is 209 Å². The normalized spacial score (nSPS) is 11.2. The van der Waals surface area contributed by atoms with Crippen molar-refractivity contribution in [3.63, 3.8) is 0 Å². The molecule has 1 unspecified atom stereocenters. The van der Waals surface area contributed by atoms with Crippen LogP contribution in [0.15, 0.2) is 60.8 Å². The van der Waals surface area contributed by atoms with Crippen molar-refractivity contribution in [3.05, 3.63) is 66.5 Å². The van der Waals surface area contributed by atoms with Gasteiger partial charge >= 0.3 is 12.3 Å². The van der Waals surface area contributed by atoms with Gasteiger partial charge in [-0.2, -0.15) is 15.0 Å². The number of benzene rings is 2. The lowest BCUT2D eigenvalue weighted by Crippen LogP contribution is -2.16. The Morgan fingerprint density at radius 2 is 1.75 bits per heavy atom. The van der Waals surface area contributed by atoms with Gasteiger partial charge in [0, 0.05) is 37.0 Å². The number of carbonyl (C=O) groups is 1. The van der Waals surface area contributed by atoms with E-state index in [1.165, 1.54) is 24.3 Å². The van der Waals surface area contributed by atoms with E-state index in [1.54, 1.807) is 18.7 Å². The number of fused-ring (bicyclic) bond motifs is 1. The summed E-state index contributed by atoms with van der Waals surface area (Å²) in [5, 5.41) is 5.44. The second kappa shape index (κ2) is 11.5. The number of hydrogen-bond donors (Lipinski definition) is 0. The van der Waals surface area contributed by atoms with E-state index in [0.717, 1.165) is 16.6 Å². The zero-order chi connectivity index (χ0) is 25.0. The summed E-state index contributed by atoms with van der Waals surface area (Å²) in [5.41, 5.74) is 3.09. The molecule has 0 bridgehead atoms. The fourth-order valence-electron chi connectivity index (χ4n) is 3.72. The monoisotopic (exact) mass is 521 g/mol. The molecule has 0 aliphatic rings. The number of halogens is 3. The number of rotatable bonds is 9. The quantitative estimate of drug-likeness (QED) is 0.224. The van der Waals surface area contributed by atoms with Crippen molar-refractivity contribution in [2.75, 3.05) is 13.2 Å². The third-order valence-corrected chi connectivity index (χ3v) is 5.34. The Bertz CT molecular complexity index is 1320. The molecule has 0 aliphatic carbocycles. The predicted octanol–water partition coefficient (Wildman–Crippen LogP) is 5.18. The van der Waals surface area contributed by atoms with Crippen LogP contribution in [-0.4, -0.2) is 39.9 Å². The van der Waals surface area contributed by atoms with E-state index in [4.69, 9.17) is 9.47 Å². The molecule has 2 heterocycles. The van der Waals surface area contributed by atoms with Crippen LogP contribution in [0, 0.1) is 0 Å². The number of carbonyl (C=O) groups excluding carboxylic acids is 1. The summed E-state index contributed by atoms with van der Waals surface area (Å²) >= 11 is 0. The predicted molar refractivity (Wildman–Crippen MR) is 134 cm³/mol.